The lowest BCUT2D eigenvalue weighted by atomic mass is 10.1. The highest BCUT2D eigenvalue weighted by Crippen LogP contribution is 2.32. The molecule has 0 aliphatic carbocycles. The van der Waals surface area contributed by atoms with E-state index in [0.29, 0.717) is 36.8 Å². The van der Waals surface area contributed by atoms with Crippen molar-refractivity contribution >= 4 is 22.8 Å². The lowest BCUT2D eigenvalue weighted by Crippen LogP contribution is -2.16. The molecule has 1 N–H and O–H groups in total. The number of nitro benzene ring substituents is 2. The first-order valence-electron chi connectivity index (χ1n) is 8.65. The molecular formula is C18H18N4O6. The van der Waals surface area contributed by atoms with E-state index in [1.165, 1.54) is 12.1 Å². The predicted molar refractivity (Wildman–Crippen MR) is 102 cm³/mol. The maximum absolute atomic E-state index is 11.3. The molecule has 0 saturated heterocycles. The van der Waals surface area contributed by atoms with Crippen molar-refractivity contribution in [3.05, 3.63) is 62.2 Å². The molecule has 3 rings (SSSR count). The standard InChI is InChI=1S/C18H18N4O6/c1-2-3-14(12-4-7-17-18(10-12)28-9-8-27-17)19-20-15-6-5-13(21(23)24)11-16(15)22(25)26/h4-7,10-11,20H,2-3,8-9H2,1H3/b19-14+. The van der Waals surface area contributed by atoms with E-state index in [0.717, 1.165) is 18.1 Å². The molecule has 0 fully saturated rings. The number of anilines is 1. The number of rotatable bonds is 7. The molecule has 146 valence electrons. The fraction of sp³-hybridized carbons (Fsp3) is 0.278. The number of nitro groups is 2. The van der Waals surface area contributed by atoms with E-state index in [9.17, 15) is 20.2 Å². The Labute approximate surface area is 160 Å². The predicted octanol–water partition coefficient (Wildman–Crippen LogP) is 3.89. The summed E-state index contributed by atoms with van der Waals surface area (Å²) in [7, 11) is 0. The molecule has 0 atom stereocenters. The third kappa shape index (κ3) is 4.17. The Bertz CT molecular complexity index is 944. The van der Waals surface area contributed by atoms with Gasteiger partial charge in [-0.05, 0) is 30.7 Å². The van der Waals surface area contributed by atoms with Crippen LogP contribution in [0.3, 0.4) is 0 Å². The quantitative estimate of drug-likeness (QED) is 0.434. The van der Waals surface area contributed by atoms with Crippen molar-refractivity contribution in [3.63, 3.8) is 0 Å². The second kappa shape index (κ2) is 8.33. The van der Waals surface area contributed by atoms with Gasteiger partial charge >= 0.3 is 5.69 Å². The molecule has 0 saturated carbocycles. The minimum Gasteiger partial charge on any atom is -0.486 e. The van der Waals surface area contributed by atoms with Gasteiger partial charge in [0.15, 0.2) is 11.5 Å². The van der Waals surface area contributed by atoms with Crippen LogP contribution in [0.5, 0.6) is 11.5 Å². The second-order valence-corrected chi connectivity index (χ2v) is 5.99. The highest BCUT2D eigenvalue weighted by atomic mass is 16.6. The number of hydrogen-bond acceptors (Lipinski definition) is 8. The van der Waals surface area contributed by atoms with Crippen molar-refractivity contribution in [1.82, 2.24) is 0 Å². The Hall–Kier alpha value is -3.69. The summed E-state index contributed by atoms with van der Waals surface area (Å²) in [6.45, 7) is 2.94. The van der Waals surface area contributed by atoms with Crippen molar-refractivity contribution in [2.75, 3.05) is 18.6 Å². The van der Waals surface area contributed by atoms with Crippen molar-refractivity contribution in [2.24, 2.45) is 5.10 Å². The number of hydrogen-bond donors (Lipinski definition) is 1. The first kappa shape index (κ1) is 19.1. The first-order valence-corrected chi connectivity index (χ1v) is 8.65. The SMILES string of the molecule is CCC/C(=N\Nc1ccc([N+](=O)[O-])cc1[N+](=O)[O-])c1ccc2c(c1)OCCO2. The summed E-state index contributed by atoms with van der Waals surface area (Å²) in [6, 6.07) is 8.81. The highest BCUT2D eigenvalue weighted by molar-refractivity contribution is 6.01. The fourth-order valence-corrected chi connectivity index (χ4v) is 2.73. The van der Waals surface area contributed by atoms with Crippen LogP contribution in [0.4, 0.5) is 17.1 Å². The van der Waals surface area contributed by atoms with Gasteiger partial charge < -0.3 is 9.47 Å². The Morgan fingerprint density at radius 2 is 1.82 bits per heavy atom. The Balaban J connectivity index is 1.91. The van der Waals surface area contributed by atoms with Crippen molar-refractivity contribution < 1.29 is 19.3 Å². The van der Waals surface area contributed by atoms with E-state index < -0.39 is 15.5 Å². The third-order valence-electron chi connectivity index (χ3n) is 4.06. The van der Waals surface area contributed by atoms with Gasteiger partial charge in [0.1, 0.15) is 18.9 Å². The molecule has 1 aliphatic heterocycles. The zero-order valence-electron chi connectivity index (χ0n) is 15.1. The summed E-state index contributed by atoms with van der Waals surface area (Å²) in [5.41, 5.74) is 3.43. The molecule has 0 bridgehead atoms. The average molecular weight is 386 g/mol. The van der Waals surface area contributed by atoms with Crippen LogP contribution in [0.1, 0.15) is 25.3 Å². The van der Waals surface area contributed by atoms with Gasteiger partial charge in [-0.3, -0.25) is 25.7 Å². The molecule has 10 heteroatoms. The van der Waals surface area contributed by atoms with Crippen LogP contribution in [-0.4, -0.2) is 28.8 Å². The monoisotopic (exact) mass is 386 g/mol. The van der Waals surface area contributed by atoms with E-state index in [4.69, 9.17) is 9.47 Å². The highest BCUT2D eigenvalue weighted by Gasteiger charge is 2.20. The van der Waals surface area contributed by atoms with Gasteiger partial charge in [-0.2, -0.15) is 5.10 Å². The van der Waals surface area contributed by atoms with Crippen LogP contribution in [0, 0.1) is 20.2 Å². The molecule has 0 amide bonds. The largest absolute Gasteiger partial charge is 0.486 e. The van der Waals surface area contributed by atoms with Crippen LogP contribution >= 0.6 is 0 Å². The van der Waals surface area contributed by atoms with Crippen LogP contribution < -0.4 is 14.9 Å². The van der Waals surface area contributed by atoms with Crippen LogP contribution in [0.25, 0.3) is 0 Å². The number of nitrogens with one attached hydrogen (secondary N) is 1. The van der Waals surface area contributed by atoms with Gasteiger partial charge in [-0.1, -0.05) is 13.3 Å². The third-order valence-corrected chi connectivity index (χ3v) is 4.06. The van der Waals surface area contributed by atoms with Gasteiger partial charge in [0.25, 0.3) is 5.69 Å². The molecular weight excluding hydrogens is 368 g/mol. The topological polar surface area (TPSA) is 129 Å². The minimum atomic E-state index is -0.686. The molecule has 0 aromatic heterocycles. The van der Waals surface area contributed by atoms with Crippen molar-refractivity contribution in [2.45, 2.75) is 19.8 Å². The molecule has 2 aromatic carbocycles. The van der Waals surface area contributed by atoms with E-state index in [1.807, 2.05) is 19.1 Å². The zero-order valence-corrected chi connectivity index (χ0v) is 15.1. The zero-order chi connectivity index (χ0) is 20.1. The molecule has 1 heterocycles. The van der Waals surface area contributed by atoms with Crippen LogP contribution in [0.15, 0.2) is 41.5 Å². The van der Waals surface area contributed by atoms with Crippen molar-refractivity contribution in [3.8, 4) is 11.5 Å². The fourth-order valence-electron chi connectivity index (χ4n) is 2.73. The van der Waals surface area contributed by atoms with Gasteiger partial charge in [0.05, 0.1) is 21.6 Å². The van der Waals surface area contributed by atoms with E-state index in [1.54, 1.807) is 6.07 Å². The lowest BCUT2D eigenvalue weighted by Gasteiger charge is -2.19. The molecule has 2 aromatic rings. The number of fused-ring (bicyclic) bond motifs is 1. The maximum atomic E-state index is 11.3. The number of non-ortho nitro benzene ring substituents is 1. The summed E-state index contributed by atoms with van der Waals surface area (Å²) in [4.78, 5) is 20.7. The normalized spacial score (nSPS) is 13.1. The number of nitrogens with zero attached hydrogens (tertiary/aromatic N) is 3. The number of ether oxygens (including phenoxy) is 2. The number of hydrazone groups is 1. The average Bonchev–Trinajstić information content (AvgIpc) is 2.70. The second-order valence-electron chi connectivity index (χ2n) is 5.99. The smallest absolute Gasteiger partial charge is 0.301 e. The van der Waals surface area contributed by atoms with E-state index >= 15 is 0 Å². The van der Waals surface area contributed by atoms with E-state index in [2.05, 4.69) is 10.5 Å². The molecule has 10 nitrogen and oxygen atoms in total. The summed E-state index contributed by atoms with van der Waals surface area (Å²) in [5.74, 6) is 1.28. The van der Waals surface area contributed by atoms with E-state index in [-0.39, 0.29) is 11.4 Å². The summed E-state index contributed by atoms with van der Waals surface area (Å²) >= 11 is 0. The maximum Gasteiger partial charge on any atom is 0.301 e. The van der Waals surface area contributed by atoms with Gasteiger partial charge in [0.2, 0.25) is 0 Å². The summed E-state index contributed by atoms with van der Waals surface area (Å²) in [5, 5.41) is 26.4. The number of benzene rings is 2. The van der Waals surface area contributed by atoms with Crippen LogP contribution in [-0.2, 0) is 0 Å². The van der Waals surface area contributed by atoms with Crippen LogP contribution in [0.2, 0.25) is 0 Å². The Morgan fingerprint density at radius 1 is 1.07 bits per heavy atom. The Morgan fingerprint density at radius 3 is 2.50 bits per heavy atom. The van der Waals surface area contributed by atoms with Gasteiger partial charge in [-0.15, -0.1) is 0 Å². The molecule has 0 unspecified atom stereocenters. The summed E-state index contributed by atoms with van der Waals surface area (Å²) < 4.78 is 11.1. The minimum absolute atomic E-state index is 0.0711. The Kier molecular flexibility index (Phi) is 5.68. The molecule has 0 spiro atoms. The van der Waals surface area contributed by atoms with Gasteiger partial charge in [-0.25, -0.2) is 0 Å². The molecule has 1 aliphatic rings. The lowest BCUT2D eigenvalue weighted by molar-refractivity contribution is -0.393. The molecule has 0 radical (unpaired) electrons. The van der Waals surface area contributed by atoms with Crippen molar-refractivity contribution in [1.29, 1.82) is 0 Å². The first-order chi connectivity index (χ1) is 13.5. The molecule has 28 heavy (non-hydrogen) atoms. The summed E-state index contributed by atoms with van der Waals surface area (Å²) in [6.07, 6.45) is 1.42. The van der Waals surface area contributed by atoms with Gasteiger partial charge in [0, 0.05) is 11.6 Å².